The molecule has 1 fully saturated rings. The third kappa shape index (κ3) is 3.52. The number of hydrogen-bond donors (Lipinski definition) is 1. The first-order valence-corrected chi connectivity index (χ1v) is 7.80. The number of nitrogens with zero attached hydrogens (tertiary/aromatic N) is 1. The molecule has 0 aliphatic carbocycles. The monoisotopic (exact) mass is 319 g/mol. The summed E-state index contributed by atoms with van der Waals surface area (Å²) in [6.07, 6.45) is 0.834. The van der Waals surface area contributed by atoms with E-state index in [1.54, 1.807) is 19.9 Å². The Labute approximate surface area is 135 Å². The highest BCUT2D eigenvalue weighted by Crippen LogP contribution is 2.22. The molecular formula is C16H22BNO5. The minimum absolute atomic E-state index is 0.153. The average molecular weight is 319 g/mol. The Hall–Kier alpha value is -1.57. The van der Waals surface area contributed by atoms with Gasteiger partial charge in [-0.1, -0.05) is 6.07 Å². The van der Waals surface area contributed by atoms with Crippen LogP contribution in [0.25, 0.3) is 11.1 Å². The number of benzene rings is 1. The van der Waals surface area contributed by atoms with Gasteiger partial charge < -0.3 is 18.8 Å². The summed E-state index contributed by atoms with van der Waals surface area (Å²) in [5.74, 6) is -0.481. The van der Waals surface area contributed by atoms with E-state index in [0.29, 0.717) is 17.7 Å². The molecule has 1 N–H and O–H groups in total. The third-order valence-corrected chi connectivity index (χ3v) is 3.91. The Kier molecular flexibility index (Phi) is 3.90. The zero-order valence-electron chi connectivity index (χ0n) is 14.0. The van der Waals surface area contributed by atoms with Crippen LogP contribution in [0.1, 0.15) is 34.1 Å². The minimum Gasteiger partial charge on any atom is -0.408 e. The summed E-state index contributed by atoms with van der Waals surface area (Å²) < 4.78 is 18.4. The third-order valence-electron chi connectivity index (χ3n) is 3.91. The van der Waals surface area contributed by atoms with E-state index in [4.69, 9.17) is 13.7 Å². The van der Waals surface area contributed by atoms with Gasteiger partial charge in [0, 0.05) is 6.61 Å². The molecule has 7 heteroatoms. The number of aromatic nitrogens is 1. The van der Waals surface area contributed by atoms with Gasteiger partial charge in [0.05, 0.1) is 23.3 Å². The maximum absolute atomic E-state index is 12.0. The van der Waals surface area contributed by atoms with Gasteiger partial charge in [0.25, 0.3) is 0 Å². The molecule has 1 aliphatic heterocycles. The molecule has 0 amide bonds. The predicted molar refractivity (Wildman–Crippen MR) is 87.9 cm³/mol. The van der Waals surface area contributed by atoms with Crippen LogP contribution in [0.5, 0.6) is 0 Å². The highest BCUT2D eigenvalue weighted by molar-refractivity contribution is 6.61. The number of fused-ring (bicyclic) bond motifs is 1. The molecule has 0 bridgehead atoms. The first-order valence-electron chi connectivity index (χ1n) is 7.80. The molecule has 1 saturated heterocycles. The predicted octanol–water partition coefficient (Wildman–Crippen LogP) is 1.28. The molecule has 2 heterocycles. The van der Waals surface area contributed by atoms with Crippen molar-refractivity contribution in [3.8, 4) is 0 Å². The molecule has 3 rings (SSSR count). The number of oxazole rings is 1. The van der Waals surface area contributed by atoms with Crippen molar-refractivity contribution in [2.24, 2.45) is 0 Å². The smallest absolute Gasteiger partial charge is 0.408 e. The molecule has 0 saturated carbocycles. The Morgan fingerprint density at radius 2 is 2.13 bits per heavy atom. The van der Waals surface area contributed by atoms with E-state index in [0.717, 1.165) is 11.9 Å². The van der Waals surface area contributed by atoms with Gasteiger partial charge in [-0.2, -0.15) is 0 Å². The maximum Gasteiger partial charge on any atom is 0.494 e. The maximum atomic E-state index is 12.0. The van der Waals surface area contributed by atoms with Crippen molar-refractivity contribution in [2.45, 2.75) is 51.9 Å². The zero-order valence-corrected chi connectivity index (χ0v) is 14.0. The van der Waals surface area contributed by atoms with Crippen molar-refractivity contribution in [2.75, 3.05) is 6.61 Å². The van der Waals surface area contributed by atoms with Crippen LogP contribution < -0.4 is 11.2 Å². The summed E-state index contributed by atoms with van der Waals surface area (Å²) >= 11 is 0. The molecule has 0 atom stereocenters. The van der Waals surface area contributed by atoms with Gasteiger partial charge in [0.2, 0.25) is 0 Å². The van der Waals surface area contributed by atoms with Gasteiger partial charge in [-0.15, -0.1) is 0 Å². The van der Waals surface area contributed by atoms with E-state index in [9.17, 15) is 9.90 Å². The summed E-state index contributed by atoms with van der Waals surface area (Å²) in [6, 6.07) is 5.41. The zero-order chi connectivity index (χ0) is 16.8. The van der Waals surface area contributed by atoms with Crippen molar-refractivity contribution in [1.29, 1.82) is 0 Å². The average Bonchev–Trinajstić information content (AvgIpc) is 2.72. The molecule has 124 valence electrons. The van der Waals surface area contributed by atoms with Crippen LogP contribution in [0.2, 0.25) is 0 Å². The number of aliphatic hydroxyl groups is 1. The van der Waals surface area contributed by atoms with Gasteiger partial charge in [0.15, 0.2) is 5.58 Å². The van der Waals surface area contributed by atoms with Gasteiger partial charge >= 0.3 is 12.9 Å². The van der Waals surface area contributed by atoms with Crippen LogP contribution in [0.3, 0.4) is 0 Å². The Morgan fingerprint density at radius 3 is 2.78 bits per heavy atom. The van der Waals surface area contributed by atoms with Gasteiger partial charge in [-0.3, -0.25) is 4.57 Å². The lowest BCUT2D eigenvalue weighted by molar-refractivity contribution is 0.0108. The lowest BCUT2D eigenvalue weighted by atomic mass is 9.76. The summed E-state index contributed by atoms with van der Waals surface area (Å²) in [7, 11) is -0.469. The topological polar surface area (TPSA) is 73.8 Å². The normalized spacial score (nSPS) is 18.6. The fraction of sp³-hybridized carbons (Fsp3) is 0.562. The van der Waals surface area contributed by atoms with E-state index in [1.807, 2.05) is 26.0 Å². The van der Waals surface area contributed by atoms with Gasteiger partial charge in [-0.05, 0) is 51.7 Å². The molecule has 0 radical (unpaired) electrons. The standard InChI is InChI=1S/C16H22BNO5/c1-15(2,20)10-18-12-9-11(5-6-13(12)22-14(18)19)17-21-8-7-16(3,4)23-17/h5-6,9,20H,7-8,10H2,1-4H3. The van der Waals surface area contributed by atoms with Crippen LogP contribution in [-0.4, -0.2) is 34.6 Å². The Bertz CT molecular complexity index is 771. The molecular weight excluding hydrogens is 297 g/mol. The van der Waals surface area contributed by atoms with E-state index >= 15 is 0 Å². The first-order chi connectivity index (χ1) is 10.6. The van der Waals surface area contributed by atoms with E-state index in [2.05, 4.69) is 0 Å². The summed E-state index contributed by atoms with van der Waals surface area (Å²) in [5.41, 5.74) is 0.677. The molecule has 2 aromatic rings. The molecule has 0 unspecified atom stereocenters. The lowest BCUT2D eigenvalue weighted by Crippen LogP contribution is -2.48. The fourth-order valence-electron chi connectivity index (χ4n) is 2.72. The minimum atomic E-state index is -1.02. The summed E-state index contributed by atoms with van der Waals surface area (Å²) in [5, 5.41) is 10.0. The van der Waals surface area contributed by atoms with Crippen LogP contribution >= 0.6 is 0 Å². The van der Waals surface area contributed by atoms with E-state index < -0.39 is 18.5 Å². The Balaban J connectivity index is 2.01. The molecule has 6 nitrogen and oxygen atoms in total. The number of rotatable bonds is 3. The van der Waals surface area contributed by atoms with Crippen LogP contribution in [0.15, 0.2) is 27.4 Å². The molecule has 1 aromatic heterocycles. The molecule has 23 heavy (non-hydrogen) atoms. The SMILES string of the molecule is CC(C)(O)Cn1c(=O)oc2ccc(B3OCCC(C)(C)O3)cc21. The largest absolute Gasteiger partial charge is 0.494 e. The second-order valence-corrected chi connectivity index (χ2v) is 7.32. The van der Waals surface area contributed by atoms with Crippen molar-refractivity contribution in [3.05, 3.63) is 28.7 Å². The molecule has 1 aliphatic rings. The van der Waals surface area contributed by atoms with Crippen molar-refractivity contribution in [1.82, 2.24) is 4.57 Å². The van der Waals surface area contributed by atoms with Gasteiger partial charge in [-0.25, -0.2) is 4.79 Å². The van der Waals surface area contributed by atoms with Crippen molar-refractivity contribution in [3.63, 3.8) is 0 Å². The van der Waals surface area contributed by atoms with Crippen molar-refractivity contribution >= 4 is 23.7 Å². The first kappa shape index (κ1) is 16.3. The quantitative estimate of drug-likeness (QED) is 0.863. The second-order valence-electron chi connectivity index (χ2n) is 7.32. The van der Waals surface area contributed by atoms with E-state index in [1.165, 1.54) is 4.57 Å². The second kappa shape index (κ2) is 5.51. The van der Waals surface area contributed by atoms with Crippen LogP contribution in [-0.2, 0) is 15.9 Å². The van der Waals surface area contributed by atoms with Crippen molar-refractivity contribution < 1.29 is 18.8 Å². The highest BCUT2D eigenvalue weighted by atomic mass is 16.6. The lowest BCUT2D eigenvalue weighted by Gasteiger charge is -2.34. The van der Waals surface area contributed by atoms with E-state index in [-0.39, 0.29) is 12.1 Å². The molecule has 0 spiro atoms. The van der Waals surface area contributed by atoms with Crippen LogP contribution in [0.4, 0.5) is 0 Å². The van der Waals surface area contributed by atoms with Gasteiger partial charge in [0.1, 0.15) is 0 Å². The summed E-state index contributed by atoms with van der Waals surface area (Å²) in [6.45, 7) is 8.14. The highest BCUT2D eigenvalue weighted by Gasteiger charge is 2.35. The van der Waals surface area contributed by atoms with Crippen LogP contribution in [0, 0.1) is 0 Å². The fourth-order valence-corrected chi connectivity index (χ4v) is 2.72. The molecule has 1 aromatic carbocycles. The summed E-state index contributed by atoms with van der Waals surface area (Å²) in [4.78, 5) is 12.0. The number of hydrogen-bond acceptors (Lipinski definition) is 5. The Morgan fingerprint density at radius 1 is 1.39 bits per heavy atom.